The van der Waals surface area contributed by atoms with Gasteiger partial charge in [-0.25, -0.2) is 23.6 Å². The van der Waals surface area contributed by atoms with Gasteiger partial charge >= 0.3 is 0 Å². The maximum Gasteiger partial charge on any atom is 0.268 e. The first-order valence-corrected chi connectivity index (χ1v) is 7.64. The van der Waals surface area contributed by atoms with Gasteiger partial charge in [-0.1, -0.05) is 0 Å². The average Bonchev–Trinajstić information content (AvgIpc) is 2.49. The molecule has 0 aliphatic rings. The van der Waals surface area contributed by atoms with Crippen LogP contribution in [-0.4, -0.2) is 19.9 Å². The van der Waals surface area contributed by atoms with E-state index in [2.05, 4.69) is 10.4 Å². The molecule has 8 heteroatoms. The van der Waals surface area contributed by atoms with Crippen LogP contribution >= 0.6 is 0 Å². The number of aromatic nitrogens is 1. The van der Waals surface area contributed by atoms with E-state index in [-0.39, 0.29) is 17.3 Å². The number of sulfonamides is 1. The summed E-state index contributed by atoms with van der Waals surface area (Å²) in [5.41, 5.74) is 2.63. The first kappa shape index (κ1) is 15.2. The molecule has 1 aromatic heterocycles. The van der Waals surface area contributed by atoms with Crippen LogP contribution in [-0.2, 0) is 10.0 Å². The number of pyridine rings is 1. The minimum Gasteiger partial charge on any atom is -0.307 e. The van der Waals surface area contributed by atoms with Crippen LogP contribution in [0.25, 0.3) is 0 Å². The Labute approximate surface area is 122 Å². The standard InChI is InChI=1S/C13H15FN4O2S/c1-2-18(11-7-5-10(14)6-8-11)21(19,20)12-4-3-9-16-13(12)17-15/h3-9H,2,15H2,1H3,(H,16,17). The molecule has 1 heterocycles. The molecule has 21 heavy (non-hydrogen) atoms. The molecule has 0 bridgehead atoms. The number of hydrazine groups is 1. The third kappa shape index (κ3) is 2.96. The molecule has 2 rings (SSSR count). The van der Waals surface area contributed by atoms with E-state index in [4.69, 9.17) is 5.84 Å². The number of nitrogens with two attached hydrogens (primary N) is 1. The number of anilines is 2. The van der Waals surface area contributed by atoms with Gasteiger partial charge in [0.25, 0.3) is 10.0 Å². The van der Waals surface area contributed by atoms with Crippen LogP contribution in [0, 0.1) is 5.82 Å². The molecule has 0 unspecified atom stereocenters. The molecular formula is C13H15FN4O2S. The summed E-state index contributed by atoms with van der Waals surface area (Å²) >= 11 is 0. The predicted octanol–water partition coefficient (Wildman–Crippen LogP) is 1.72. The van der Waals surface area contributed by atoms with E-state index in [1.807, 2.05) is 0 Å². The molecule has 1 aromatic carbocycles. The summed E-state index contributed by atoms with van der Waals surface area (Å²) in [6.45, 7) is 1.87. The summed E-state index contributed by atoms with van der Waals surface area (Å²) in [6.07, 6.45) is 1.43. The molecule has 0 radical (unpaired) electrons. The van der Waals surface area contributed by atoms with E-state index in [9.17, 15) is 12.8 Å². The Bertz CT molecular complexity index is 719. The molecule has 6 nitrogen and oxygen atoms in total. The third-order valence-corrected chi connectivity index (χ3v) is 4.81. The van der Waals surface area contributed by atoms with E-state index in [1.54, 1.807) is 6.92 Å². The molecule has 112 valence electrons. The largest absolute Gasteiger partial charge is 0.307 e. The zero-order valence-corrected chi connectivity index (χ0v) is 12.1. The number of rotatable bonds is 5. The van der Waals surface area contributed by atoms with Crippen LogP contribution < -0.4 is 15.6 Å². The van der Waals surface area contributed by atoms with Crippen LogP contribution in [0.15, 0.2) is 47.5 Å². The highest BCUT2D eigenvalue weighted by Crippen LogP contribution is 2.26. The topological polar surface area (TPSA) is 88.3 Å². The maximum absolute atomic E-state index is 13.0. The second-order valence-corrected chi connectivity index (χ2v) is 5.97. The molecule has 0 amide bonds. The van der Waals surface area contributed by atoms with Crippen molar-refractivity contribution in [2.45, 2.75) is 11.8 Å². The van der Waals surface area contributed by atoms with Crippen LogP contribution in [0.4, 0.5) is 15.9 Å². The number of hydrogen-bond donors (Lipinski definition) is 2. The lowest BCUT2D eigenvalue weighted by Gasteiger charge is -2.23. The van der Waals surface area contributed by atoms with Crippen molar-refractivity contribution in [2.24, 2.45) is 5.84 Å². The Balaban J connectivity index is 2.52. The molecule has 0 aliphatic heterocycles. The Hall–Kier alpha value is -2.19. The van der Waals surface area contributed by atoms with Gasteiger partial charge in [0.1, 0.15) is 10.7 Å². The molecule has 0 fully saturated rings. The van der Waals surface area contributed by atoms with Gasteiger partial charge in [0, 0.05) is 12.7 Å². The lowest BCUT2D eigenvalue weighted by Crippen LogP contribution is -2.31. The zero-order valence-electron chi connectivity index (χ0n) is 11.3. The van der Waals surface area contributed by atoms with E-state index in [0.29, 0.717) is 5.69 Å². The Morgan fingerprint density at radius 2 is 1.95 bits per heavy atom. The van der Waals surface area contributed by atoms with Gasteiger partial charge in [-0.15, -0.1) is 0 Å². The molecular weight excluding hydrogens is 295 g/mol. The summed E-state index contributed by atoms with van der Waals surface area (Å²) in [5.74, 6) is 4.92. The SMILES string of the molecule is CCN(c1ccc(F)cc1)S(=O)(=O)c1cccnc1NN. The molecule has 0 atom stereocenters. The van der Waals surface area contributed by atoms with E-state index in [0.717, 1.165) is 4.31 Å². The van der Waals surface area contributed by atoms with Gasteiger partial charge in [0.15, 0.2) is 5.82 Å². The third-order valence-electron chi connectivity index (χ3n) is 2.88. The van der Waals surface area contributed by atoms with Gasteiger partial charge in [0.05, 0.1) is 5.69 Å². The van der Waals surface area contributed by atoms with Crippen LogP contribution in [0.2, 0.25) is 0 Å². The number of halogens is 1. The summed E-state index contributed by atoms with van der Waals surface area (Å²) in [5, 5.41) is 0. The van der Waals surface area contributed by atoms with Crippen molar-refractivity contribution >= 4 is 21.5 Å². The normalized spacial score (nSPS) is 11.2. The summed E-state index contributed by atoms with van der Waals surface area (Å²) in [6, 6.07) is 8.14. The van der Waals surface area contributed by atoms with Gasteiger partial charge in [0.2, 0.25) is 0 Å². The van der Waals surface area contributed by atoms with Crippen molar-refractivity contribution in [3.05, 3.63) is 48.4 Å². The highest BCUT2D eigenvalue weighted by molar-refractivity contribution is 7.93. The second kappa shape index (κ2) is 6.06. The molecule has 0 saturated carbocycles. The lowest BCUT2D eigenvalue weighted by atomic mass is 10.3. The van der Waals surface area contributed by atoms with Crippen molar-refractivity contribution in [1.82, 2.24) is 4.98 Å². The molecule has 0 spiro atoms. The Kier molecular flexibility index (Phi) is 4.39. The van der Waals surface area contributed by atoms with Gasteiger partial charge in [-0.2, -0.15) is 0 Å². The number of benzene rings is 1. The van der Waals surface area contributed by atoms with Crippen LogP contribution in [0.1, 0.15) is 6.92 Å². The number of hydrogen-bond acceptors (Lipinski definition) is 5. The van der Waals surface area contributed by atoms with Crippen molar-refractivity contribution in [3.63, 3.8) is 0 Å². The quantitative estimate of drug-likeness (QED) is 0.648. The fourth-order valence-corrected chi connectivity index (χ4v) is 3.51. The molecule has 2 aromatic rings. The van der Waals surface area contributed by atoms with Crippen LogP contribution in [0.3, 0.4) is 0 Å². The average molecular weight is 310 g/mol. The van der Waals surface area contributed by atoms with Crippen molar-refractivity contribution in [3.8, 4) is 0 Å². The minimum absolute atomic E-state index is 0.0429. The highest BCUT2D eigenvalue weighted by Gasteiger charge is 2.26. The Morgan fingerprint density at radius 3 is 2.52 bits per heavy atom. The van der Waals surface area contributed by atoms with E-state index < -0.39 is 15.8 Å². The minimum atomic E-state index is -3.85. The van der Waals surface area contributed by atoms with Gasteiger partial charge < -0.3 is 5.43 Å². The molecule has 0 aliphatic carbocycles. The van der Waals surface area contributed by atoms with E-state index in [1.165, 1.54) is 42.6 Å². The van der Waals surface area contributed by atoms with Gasteiger partial charge in [-0.05, 0) is 43.3 Å². The fourth-order valence-electron chi connectivity index (χ4n) is 1.92. The number of nitrogen functional groups attached to an aromatic ring is 1. The van der Waals surface area contributed by atoms with Crippen LogP contribution in [0.5, 0.6) is 0 Å². The summed E-state index contributed by atoms with van der Waals surface area (Å²) < 4.78 is 39.6. The highest BCUT2D eigenvalue weighted by atomic mass is 32.2. The fraction of sp³-hybridized carbons (Fsp3) is 0.154. The smallest absolute Gasteiger partial charge is 0.268 e. The molecule has 0 saturated heterocycles. The lowest BCUT2D eigenvalue weighted by molar-refractivity contribution is 0.591. The first-order valence-electron chi connectivity index (χ1n) is 6.20. The monoisotopic (exact) mass is 310 g/mol. The predicted molar refractivity (Wildman–Crippen MR) is 78.7 cm³/mol. The maximum atomic E-state index is 13.0. The zero-order chi connectivity index (χ0) is 15.5. The van der Waals surface area contributed by atoms with Crippen molar-refractivity contribution in [1.29, 1.82) is 0 Å². The van der Waals surface area contributed by atoms with Crippen molar-refractivity contribution in [2.75, 3.05) is 16.3 Å². The number of nitrogens with one attached hydrogen (secondary N) is 1. The van der Waals surface area contributed by atoms with E-state index >= 15 is 0 Å². The second-order valence-electron chi connectivity index (χ2n) is 4.14. The summed E-state index contributed by atoms with van der Waals surface area (Å²) in [7, 11) is -3.85. The Morgan fingerprint density at radius 1 is 1.29 bits per heavy atom. The number of nitrogens with zero attached hydrogens (tertiary/aromatic N) is 2. The molecule has 3 N–H and O–H groups in total. The van der Waals surface area contributed by atoms with Crippen molar-refractivity contribution < 1.29 is 12.8 Å². The van der Waals surface area contributed by atoms with Gasteiger partial charge in [-0.3, -0.25) is 4.31 Å². The first-order chi connectivity index (χ1) is 10.0. The summed E-state index contributed by atoms with van der Waals surface area (Å²) in [4.78, 5) is 3.84.